The first kappa shape index (κ1) is 16.1. The highest BCUT2D eigenvalue weighted by Gasteiger charge is 2.10. The molecule has 5 nitrogen and oxygen atoms in total. The molecule has 1 amide bonds. The van der Waals surface area contributed by atoms with Crippen molar-refractivity contribution in [3.8, 4) is 5.75 Å². The van der Waals surface area contributed by atoms with Crippen molar-refractivity contribution in [2.24, 2.45) is 7.05 Å². The fraction of sp³-hybridized carbons (Fsp3) is 0.263. The molecule has 0 aliphatic carbocycles. The molecule has 0 radical (unpaired) electrons. The molecule has 1 heterocycles. The third-order valence-electron chi connectivity index (χ3n) is 3.88. The van der Waals surface area contributed by atoms with E-state index in [4.69, 9.17) is 4.74 Å². The zero-order chi connectivity index (χ0) is 16.9. The molecular formula is C19H21N3O2. The van der Waals surface area contributed by atoms with Crippen molar-refractivity contribution in [2.45, 2.75) is 19.9 Å². The largest absolute Gasteiger partial charge is 0.494 e. The number of para-hydroxylation sites is 2. The third-order valence-corrected chi connectivity index (χ3v) is 3.88. The molecule has 0 aliphatic heterocycles. The molecule has 0 atom stereocenters. The van der Waals surface area contributed by atoms with Crippen molar-refractivity contribution in [1.82, 2.24) is 14.9 Å². The summed E-state index contributed by atoms with van der Waals surface area (Å²) in [6, 6.07) is 15.1. The van der Waals surface area contributed by atoms with E-state index in [1.54, 1.807) is 12.1 Å². The van der Waals surface area contributed by atoms with Crippen molar-refractivity contribution in [3.63, 3.8) is 0 Å². The number of nitrogens with one attached hydrogen (secondary N) is 1. The molecule has 3 aromatic rings. The van der Waals surface area contributed by atoms with Gasteiger partial charge in [-0.3, -0.25) is 4.79 Å². The summed E-state index contributed by atoms with van der Waals surface area (Å²) in [6.45, 7) is 3.12. The summed E-state index contributed by atoms with van der Waals surface area (Å²) in [6.07, 6.45) is 0.959. The van der Waals surface area contributed by atoms with Crippen LogP contribution in [0.25, 0.3) is 11.0 Å². The summed E-state index contributed by atoms with van der Waals surface area (Å²) >= 11 is 0. The predicted molar refractivity (Wildman–Crippen MR) is 94.1 cm³/mol. The lowest BCUT2D eigenvalue weighted by atomic mass is 10.2. The van der Waals surface area contributed by atoms with Gasteiger partial charge in [0, 0.05) is 12.6 Å². The maximum atomic E-state index is 12.3. The second-order valence-corrected chi connectivity index (χ2v) is 5.63. The summed E-state index contributed by atoms with van der Waals surface area (Å²) in [4.78, 5) is 16.8. The van der Waals surface area contributed by atoms with Crippen molar-refractivity contribution in [1.29, 1.82) is 0 Å². The molecule has 1 N–H and O–H groups in total. The summed E-state index contributed by atoms with van der Waals surface area (Å²) < 4.78 is 7.52. The number of aromatic nitrogens is 2. The van der Waals surface area contributed by atoms with E-state index in [1.807, 2.05) is 48.0 Å². The number of ether oxygens (including phenoxy) is 1. The number of carbonyl (C=O) groups is 1. The Morgan fingerprint density at radius 1 is 1.17 bits per heavy atom. The van der Waals surface area contributed by atoms with Crippen LogP contribution in [-0.2, 0) is 13.6 Å². The molecule has 0 fully saturated rings. The quantitative estimate of drug-likeness (QED) is 0.757. The highest BCUT2D eigenvalue weighted by Crippen LogP contribution is 2.15. The van der Waals surface area contributed by atoms with Crippen LogP contribution < -0.4 is 10.1 Å². The minimum Gasteiger partial charge on any atom is -0.494 e. The molecule has 0 aliphatic rings. The molecule has 24 heavy (non-hydrogen) atoms. The van der Waals surface area contributed by atoms with Gasteiger partial charge in [-0.05, 0) is 42.8 Å². The van der Waals surface area contributed by atoms with E-state index in [1.165, 1.54) is 0 Å². The van der Waals surface area contributed by atoms with Crippen LogP contribution in [0.4, 0.5) is 0 Å². The second kappa shape index (κ2) is 7.17. The van der Waals surface area contributed by atoms with E-state index >= 15 is 0 Å². The summed E-state index contributed by atoms with van der Waals surface area (Å²) in [7, 11) is 1.96. The van der Waals surface area contributed by atoms with Crippen LogP contribution >= 0.6 is 0 Å². The van der Waals surface area contributed by atoms with Crippen LogP contribution in [0.1, 0.15) is 29.5 Å². The van der Waals surface area contributed by atoms with E-state index in [0.717, 1.165) is 29.0 Å². The van der Waals surface area contributed by atoms with Crippen LogP contribution in [0, 0.1) is 0 Å². The van der Waals surface area contributed by atoms with Gasteiger partial charge < -0.3 is 14.6 Å². The average molecular weight is 323 g/mol. The third kappa shape index (κ3) is 3.40. The van der Waals surface area contributed by atoms with Gasteiger partial charge in [-0.15, -0.1) is 0 Å². The first-order valence-electron chi connectivity index (χ1n) is 8.10. The van der Waals surface area contributed by atoms with Gasteiger partial charge in [0.1, 0.15) is 11.6 Å². The van der Waals surface area contributed by atoms with Gasteiger partial charge in [-0.2, -0.15) is 0 Å². The lowest BCUT2D eigenvalue weighted by molar-refractivity contribution is 0.0949. The number of nitrogens with zero attached hydrogens (tertiary/aromatic N) is 2. The lowest BCUT2D eigenvalue weighted by Crippen LogP contribution is -2.24. The molecule has 0 unspecified atom stereocenters. The van der Waals surface area contributed by atoms with Crippen LogP contribution in [0.15, 0.2) is 48.5 Å². The minimum absolute atomic E-state index is 0.121. The molecule has 0 saturated carbocycles. The zero-order valence-electron chi connectivity index (χ0n) is 14.0. The van der Waals surface area contributed by atoms with Crippen LogP contribution in [0.3, 0.4) is 0 Å². The Morgan fingerprint density at radius 3 is 2.62 bits per heavy atom. The molecule has 0 spiro atoms. The fourth-order valence-corrected chi connectivity index (χ4v) is 2.54. The number of imidazole rings is 1. The van der Waals surface area contributed by atoms with Crippen LogP contribution in [0.5, 0.6) is 5.75 Å². The number of carbonyl (C=O) groups excluding carboxylic acids is 1. The van der Waals surface area contributed by atoms with Gasteiger partial charge in [0.15, 0.2) is 0 Å². The Balaban J connectivity index is 1.65. The van der Waals surface area contributed by atoms with E-state index in [9.17, 15) is 4.79 Å². The Bertz CT molecular complexity index is 837. The number of fused-ring (bicyclic) bond motifs is 1. The summed E-state index contributed by atoms with van der Waals surface area (Å²) in [5, 5.41) is 2.92. The first-order chi connectivity index (χ1) is 11.7. The van der Waals surface area contributed by atoms with Crippen LogP contribution in [0.2, 0.25) is 0 Å². The summed E-state index contributed by atoms with van der Waals surface area (Å²) in [5.41, 5.74) is 2.60. The normalized spacial score (nSPS) is 10.8. The molecule has 1 aromatic heterocycles. The van der Waals surface area contributed by atoms with Crippen molar-refractivity contribution in [2.75, 3.05) is 6.61 Å². The predicted octanol–water partition coefficient (Wildman–Crippen LogP) is 3.29. The lowest BCUT2D eigenvalue weighted by Gasteiger charge is -2.07. The van der Waals surface area contributed by atoms with E-state index in [-0.39, 0.29) is 5.91 Å². The first-order valence-corrected chi connectivity index (χ1v) is 8.10. The average Bonchev–Trinajstić information content (AvgIpc) is 2.94. The molecular weight excluding hydrogens is 302 g/mol. The number of amides is 1. The molecule has 2 aromatic carbocycles. The van der Waals surface area contributed by atoms with Crippen molar-refractivity contribution >= 4 is 16.9 Å². The van der Waals surface area contributed by atoms with E-state index in [2.05, 4.69) is 17.2 Å². The number of aryl methyl sites for hydroxylation is 1. The second-order valence-electron chi connectivity index (χ2n) is 5.63. The van der Waals surface area contributed by atoms with Gasteiger partial charge in [-0.1, -0.05) is 19.1 Å². The minimum atomic E-state index is -0.121. The summed E-state index contributed by atoms with van der Waals surface area (Å²) in [5.74, 6) is 1.49. The smallest absolute Gasteiger partial charge is 0.251 e. The monoisotopic (exact) mass is 323 g/mol. The van der Waals surface area contributed by atoms with Gasteiger partial charge in [-0.25, -0.2) is 4.98 Å². The molecule has 124 valence electrons. The van der Waals surface area contributed by atoms with E-state index < -0.39 is 0 Å². The van der Waals surface area contributed by atoms with Gasteiger partial charge in [0.25, 0.3) is 5.91 Å². The van der Waals surface area contributed by atoms with Crippen molar-refractivity contribution in [3.05, 3.63) is 59.9 Å². The number of rotatable bonds is 6. The molecule has 3 rings (SSSR count). The van der Waals surface area contributed by atoms with Crippen LogP contribution in [-0.4, -0.2) is 22.1 Å². The van der Waals surface area contributed by atoms with Crippen molar-refractivity contribution < 1.29 is 9.53 Å². The molecule has 0 saturated heterocycles. The maximum Gasteiger partial charge on any atom is 0.251 e. The van der Waals surface area contributed by atoms with Gasteiger partial charge in [0.05, 0.1) is 24.2 Å². The fourth-order valence-electron chi connectivity index (χ4n) is 2.54. The standard InChI is InChI=1S/C19H21N3O2/c1-3-12-24-15-10-8-14(9-11-15)19(23)20-13-18-21-16-6-4-5-7-17(16)22(18)2/h4-11H,3,12-13H2,1-2H3,(H,20,23). The Kier molecular flexibility index (Phi) is 4.79. The Hall–Kier alpha value is -2.82. The highest BCUT2D eigenvalue weighted by molar-refractivity contribution is 5.94. The number of benzene rings is 2. The molecule has 5 heteroatoms. The number of hydrogen-bond acceptors (Lipinski definition) is 3. The molecule has 0 bridgehead atoms. The Morgan fingerprint density at radius 2 is 1.92 bits per heavy atom. The van der Waals surface area contributed by atoms with E-state index in [0.29, 0.717) is 18.7 Å². The maximum absolute atomic E-state index is 12.3. The SMILES string of the molecule is CCCOc1ccc(C(=O)NCc2nc3ccccc3n2C)cc1. The van der Waals surface area contributed by atoms with Gasteiger partial charge >= 0.3 is 0 Å². The zero-order valence-corrected chi connectivity index (χ0v) is 14.0. The number of hydrogen-bond donors (Lipinski definition) is 1. The Labute approximate surface area is 141 Å². The van der Waals surface area contributed by atoms with Gasteiger partial charge in [0.2, 0.25) is 0 Å². The topological polar surface area (TPSA) is 56.1 Å². The highest BCUT2D eigenvalue weighted by atomic mass is 16.5.